The molecule has 2 aromatic rings. The Balaban J connectivity index is 2.54. The van der Waals surface area contributed by atoms with E-state index in [0.29, 0.717) is 17.3 Å². The summed E-state index contributed by atoms with van der Waals surface area (Å²) in [6.07, 6.45) is 3.96. The summed E-state index contributed by atoms with van der Waals surface area (Å²) in [5.74, 6) is 6.67. The van der Waals surface area contributed by atoms with Gasteiger partial charge in [-0.3, -0.25) is 0 Å². The van der Waals surface area contributed by atoms with Crippen molar-refractivity contribution >= 4 is 5.82 Å². The van der Waals surface area contributed by atoms with Crippen LogP contribution in [0.4, 0.5) is 5.82 Å². The van der Waals surface area contributed by atoms with Gasteiger partial charge in [-0.15, -0.1) is 0 Å². The maximum absolute atomic E-state index is 5.47. The quantitative estimate of drug-likeness (QED) is 0.606. The summed E-state index contributed by atoms with van der Waals surface area (Å²) in [5, 5.41) is 0. The molecule has 88 valence electrons. The first-order chi connectivity index (χ1) is 8.26. The van der Waals surface area contributed by atoms with E-state index < -0.39 is 0 Å². The van der Waals surface area contributed by atoms with Gasteiger partial charge >= 0.3 is 0 Å². The molecule has 2 heterocycles. The van der Waals surface area contributed by atoms with E-state index in [1.165, 1.54) is 6.33 Å². The lowest BCUT2D eigenvalue weighted by atomic mass is 10.1. The van der Waals surface area contributed by atoms with Crippen LogP contribution in [0.1, 0.15) is 18.2 Å². The van der Waals surface area contributed by atoms with Gasteiger partial charge in [0, 0.05) is 17.5 Å². The zero-order valence-corrected chi connectivity index (χ0v) is 9.81. The van der Waals surface area contributed by atoms with Crippen LogP contribution >= 0.6 is 0 Å². The lowest BCUT2D eigenvalue weighted by Crippen LogP contribution is -2.13. The lowest BCUT2D eigenvalue weighted by Gasteiger charge is -2.10. The summed E-state index contributed by atoms with van der Waals surface area (Å²) in [6, 6.07) is 1.76. The fourth-order valence-electron chi connectivity index (χ4n) is 1.68. The highest BCUT2D eigenvalue weighted by atomic mass is 15.3. The van der Waals surface area contributed by atoms with Crippen molar-refractivity contribution in [2.45, 2.75) is 20.3 Å². The maximum atomic E-state index is 5.47. The molecular weight excluding hydrogens is 216 g/mol. The molecule has 0 saturated heterocycles. The molecule has 0 fully saturated rings. The van der Waals surface area contributed by atoms with Gasteiger partial charge in [0.05, 0.1) is 0 Å². The monoisotopic (exact) mass is 230 g/mol. The Labute approximate surface area is 99.3 Å². The molecule has 3 N–H and O–H groups in total. The van der Waals surface area contributed by atoms with Crippen molar-refractivity contribution in [3.63, 3.8) is 0 Å². The van der Waals surface area contributed by atoms with Crippen LogP contribution in [0.15, 0.2) is 18.6 Å². The Morgan fingerprint density at radius 3 is 2.76 bits per heavy atom. The summed E-state index contributed by atoms with van der Waals surface area (Å²) >= 11 is 0. The first kappa shape index (κ1) is 11.4. The van der Waals surface area contributed by atoms with Crippen molar-refractivity contribution in [3.8, 4) is 11.5 Å². The van der Waals surface area contributed by atoms with Crippen molar-refractivity contribution in [2.24, 2.45) is 5.84 Å². The van der Waals surface area contributed by atoms with Crippen LogP contribution < -0.4 is 11.3 Å². The zero-order chi connectivity index (χ0) is 12.3. The summed E-state index contributed by atoms with van der Waals surface area (Å²) in [7, 11) is 0. The van der Waals surface area contributed by atoms with Crippen molar-refractivity contribution in [1.82, 2.24) is 19.9 Å². The topological polar surface area (TPSA) is 89.6 Å². The SMILES string of the molecule is CCc1c(C)nc(-c2ccncn2)nc1NN. The number of nitrogen functional groups attached to an aromatic ring is 1. The van der Waals surface area contributed by atoms with Gasteiger partial charge in [0.25, 0.3) is 0 Å². The van der Waals surface area contributed by atoms with Crippen LogP contribution in [0.2, 0.25) is 0 Å². The highest BCUT2D eigenvalue weighted by Gasteiger charge is 2.11. The standard InChI is InChI=1S/C11H14N6/c1-3-8-7(2)15-11(16-10(8)17-12)9-4-5-13-6-14-9/h4-6H,3,12H2,1-2H3,(H,15,16,17). The van der Waals surface area contributed by atoms with E-state index in [2.05, 4.69) is 25.4 Å². The normalized spacial score (nSPS) is 10.3. The third-order valence-corrected chi connectivity index (χ3v) is 2.52. The number of rotatable bonds is 3. The highest BCUT2D eigenvalue weighted by Crippen LogP contribution is 2.20. The van der Waals surface area contributed by atoms with Gasteiger partial charge in [0.15, 0.2) is 5.82 Å². The Morgan fingerprint density at radius 2 is 2.18 bits per heavy atom. The minimum absolute atomic E-state index is 0.551. The minimum Gasteiger partial charge on any atom is -0.308 e. The molecule has 0 bridgehead atoms. The number of hydrogen-bond acceptors (Lipinski definition) is 6. The average molecular weight is 230 g/mol. The van der Waals surface area contributed by atoms with Crippen molar-refractivity contribution < 1.29 is 0 Å². The first-order valence-corrected chi connectivity index (χ1v) is 5.36. The smallest absolute Gasteiger partial charge is 0.180 e. The predicted octanol–water partition coefficient (Wildman–Crippen LogP) is 1.09. The van der Waals surface area contributed by atoms with Crippen molar-refractivity contribution in [1.29, 1.82) is 0 Å². The number of nitrogens with two attached hydrogens (primary N) is 1. The van der Waals surface area contributed by atoms with E-state index >= 15 is 0 Å². The summed E-state index contributed by atoms with van der Waals surface area (Å²) in [5.41, 5.74) is 5.21. The summed E-state index contributed by atoms with van der Waals surface area (Å²) in [4.78, 5) is 16.8. The Hall–Kier alpha value is -2.08. The molecule has 0 atom stereocenters. The minimum atomic E-state index is 0.551. The molecular formula is C11H14N6. The molecule has 0 unspecified atom stereocenters. The Morgan fingerprint density at radius 1 is 1.35 bits per heavy atom. The number of aromatic nitrogens is 4. The van der Waals surface area contributed by atoms with Gasteiger partial charge in [-0.05, 0) is 19.4 Å². The van der Waals surface area contributed by atoms with Crippen LogP contribution in [0, 0.1) is 6.92 Å². The number of nitrogens with one attached hydrogen (secondary N) is 1. The Kier molecular flexibility index (Phi) is 3.24. The van der Waals surface area contributed by atoms with E-state index in [0.717, 1.165) is 17.7 Å². The molecule has 0 aromatic carbocycles. The van der Waals surface area contributed by atoms with E-state index in [1.54, 1.807) is 12.3 Å². The molecule has 0 amide bonds. The van der Waals surface area contributed by atoms with Crippen molar-refractivity contribution in [3.05, 3.63) is 29.8 Å². The summed E-state index contributed by atoms with van der Waals surface area (Å²) in [6.45, 7) is 3.98. The Bertz CT molecular complexity index is 511. The molecule has 6 heteroatoms. The molecule has 0 saturated carbocycles. The van der Waals surface area contributed by atoms with Gasteiger partial charge in [-0.25, -0.2) is 25.8 Å². The van der Waals surface area contributed by atoms with E-state index in [-0.39, 0.29) is 0 Å². The van der Waals surface area contributed by atoms with Gasteiger partial charge in [-0.2, -0.15) is 0 Å². The maximum Gasteiger partial charge on any atom is 0.180 e. The number of anilines is 1. The van der Waals surface area contributed by atoms with Crippen LogP contribution in [0.3, 0.4) is 0 Å². The molecule has 0 aliphatic rings. The van der Waals surface area contributed by atoms with Crippen LogP contribution in [0.25, 0.3) is 11.5 Å². The van der Waals surface area contributed by atoms with Crippen LogP contribution in [-0.4, -0.2) is 19.9 Å². The molecule has 0 spiro atoms. The highest BCUT2D eigenvalue weighted by molar-refractivity contribution is 5.55. The van der Waals surface area contributed by atoms with Crippen molar-refractivity contribution in [2.75, 3.05) is 5.43 Å². The fourth-order valence-corrected chi connectivity index (χ4v) is 1.68. The van der Waals surface area contributed by atoms with Crippen LogP contribution in [0.5, 0.6) is 0 Å². The third-order valence-electron chi connectivity index (χ3n) is 2.52. The van der Waals surface area contributed by atoms with Gasteiger partial charge < -0.3 is 5.43 Å². The van der Waals surface area contributed by atoms with E-state index in [9.17, 15) is 0 Å². The second-order valence-corrected chi connectivity index (χ2v) is 3.55. The fraction of sp³-hybridized carbons (Fsp3) is 0.273. The van der Waals surface area contributed by atoms with E-state index in [4.69, 9.17) is 5.84 Å². The number of hydrogen-bond donors (Lipinski definition) is 2. The van der Waals surface area contributed by atoms with Gasteiger partial charge in [0.2, 0.25) is 0 Å². The second-order valence-electron chi connectivity index (χ2n) is 3.55. The van der Waals surface area contributed by atoms with Gasteiger partial charge in [-0.1, -0.05) is 6.92 Å². The first-order valence-electron chi connectivity index (χ1n) is 5.36. The molecule has 0 aliphatic carbocycles. The van der Waals surface area contributed by atoms with Crippen LogP contribution in [-0.2, 0) is 6.42 Å². The summed E-state index contributed by atoms with van der Waals surface area (Å²) < 4.78 is 0. The number of aryl methyl sites for hydroxylation is 1. The largest absolute Gasteiger partial charge is 0.308 e. The predicted molar refractivity (Wildman–Crippen MR) is 65.0 cm³/mol. The van der Waals surface area contributed by atoms with Gasteiger partial charge in [0.1, 0.15) is 17.8 Å². The van der Waals surface area contributed by atoms with E-state index in [1.807, 2.05) is 13.8 Å². The number of nitrogens with zero attached hydrogens (tertiary/aromatic N) is 4. The molecule has 0 aliphatic heterocycles. The molecule has 0 radical (unpaired) electrons. The molecule has 17 heavy (non-hydrogen) atoms. The zero-order valence-electron chi connectivity index (χ0n) is 9.81. The second kappa shape index (κ2) is 4.84. The average Bonchev–Trinajstić information content (AvgIpc) is 2.38. The molecule has 2 rings (SSSR count). The third kappa shape index (κ3) is 2.21. The molecule has 2 aromatic heterocycles. The molecule has 6 nitrogen and oxygen atoms in total. The lowest BCUT2D eigenvalue weighted by molar-refractivity contribution is 0.985. The number of hydrazine groups is 1.